The molecule has 2 heterocycles. The van der Waals surface area contributed by atoms with Crippen LogP contribution in [0.15, 0.2) is 39.9 Å². The predicted molar refractivity (Wildman–Crippen MR) is 107 cm³/mol. The zero-order valence-corrected chi connectivity index (χ0v) is 17.6. The maximum atomic E-state index is 12.5. The normalized spacial score (nSPS) is 17.7. The number of hydrogen-bond acceptors (Lipinski definition) is 6. The molecular formula is C17H20Cl2N2O4S2. The van der Waals surface area contributed by atoms with Crippen molar-refractivity contribution < 1.29 is 18.3 Å². The van der Waals surface area contributed by atoms with Gasteiger partial charge in [0.05, 0.1) is 5.02 Å². The van der Waals surface area contributed by atoms with Gasteiger partial charge < -0.3 is 9.84 Å². The van der Waals surface area contributed by atoms with Gasteiger partial charge in [0.15, 0.2) is 0 Å². The molecule has 3 rings (SSSR count). The second-order valence-electron chi connectivity index (χ2n) is 6.18. The quantitative estimate of drug-likeness (QED) is 0.701. The number of sulfonamides is 1. The van der Waals surface area contributed by atoms with Crippen molar-refractivity contribution in [3.63, 3.8) is 0 Å². The van der Waals surface area contributed by atoms with Gasteiger partial charge in [-0.1, -0.05) is 29.3 Å². The van der Waals surface area contributed by atoms with E-state index in [0.717, 1.165) is 0 Å². The van der Waals surface area contributed by atoms with Gasteiger partial charge in [-0.25, -0.2) is 8.42 Å². The number of β-amino-alcohol motifs (C(OH)–C–C–N with tert-alkyl or cyclic N) is 1. The van der Waals surface area contributed by atoms with Crippen molar-refractivity contribution in [2.24, 2.45) is 0 Å². The summed E-state index contributed by atoms with van der Waals surface area (Å²) in [4.78, 5) is 2.02. The third-order valence-electron chi connectivity index (χ3n) is 4.21. The van der Waals surface area contributed by atoms with Crippen LogP contribution in [0.25, 0.3) is 0 Å². The Labute approximate surface area is 172 Å². The summed E-state index contributed by atoms with van der Waals surface area (Å²) in [6, 6.07) is 8.26. The van der Waals surface area contributed by atoms with Gasteiger partial charge in [0.25, 0.3) is 10.0 Å². The summed E-state index contributed by atoms with van der Waals surface area (Å²) in [5, 5.41) is 12.9. The largest absolute Gasteiger partial charge is 0.489 e. The monoisotopic (exact) mass is 450 g/mol. The third kappa shape index (κ3) is 5.35. The second-order valence-corrected chi connectivity index (χ2v) is 10.1. The highest BCUT2D eigenvalue weighted by molar-refractivity contribution is 7.91. The molecule has 1 N–H and O–H groups in total. The van der Waals surface area contributed by atoms with E-state index in [-0.39, 0.29) is 6.61 Å². The van der Waals surface area contributed by atoms with Gasteiger partial charge >= 0.3 is 0 Å². The number of aliphatic hydroxyl groups excluding tert-OH is 1. The number of ether oxygens (including phenoxy) is 1. The molecule has 0 aliphatic carbocycles. The van der Waals surface area contributed by atoms with Crippen molar-refractivity contribution in [2.45, 2.75) is 10.3 Å². The molecule has 0 radical (unpaired) electrons. The first-order chi connectivity index (χ1) is 12.9. The standard InChI is InChI=1S/C17H20Cl2N2O4S2/c18-13-3-4-15(19)16(10-13)25-12-14(22)11-20-5-7-21(8-6-20)27(23,24)17-2-1-9-26-17/h1-4,9-10,14,22H,5-8,11-12H2/t14-/m1/s1. The highest BCUT2D eigenvalue weighted by Crippen LogP contribution is 2.28. The molecule has 148 valence electrons. The molecule has 1 aromatic carbocycles. The number of benzene rings is 1. The molecule has 0 spiro atoms. The van der Waals surface area contributed by atoms with E-state index in [2.05, 4.69) is 0 Å². The summed E-state index contributed by atoms with van der Waals surface area (Å²) in [6.07, 6.45) is -0.722. The average molecular weight is 451 g/mol. The van der Waals surface area contributed by atoms with E-state index in [4.69, 9.17) is 27.9 Å². The van der Waals surface area contributed by atoms with Crippen LogP contribution in [0.4, 0.5) is 0 Å². The lowest BCUT2D eigenvalue weighted by atomic mass is 10.3. The van der Waals surface area contributed by atoms with Gasteiger partial charge in [0, 0.05) is 43.8 Å². The number of piperazine rings is 1. The third-order valence-corrected chi connectivity index (χ3v) is 8.03. The fraction of sp³-hybridized carbons (Fsp3) is 0.412. The lowest BCUT2D eigenvalue weighted by Gasteiger charge is -2.34. The van der Waals surface area contributed by atoms with Crippen LogP contribution in [0.5, 0.6) is 5.75 Å². The summed E-state index contributed by atoms with van der Waals surface area (Å²) in [5.74, 6) is 0.426. The Balaban J connectivity index is 1.47. The molecular weight excluding hydrogens is 431 g/mol. The van der Waals surface area contributed by atoms with E-state index in [0.29, 0.717) is 52.7 Å². The van der Waals surface area contributed by atoms with Crippen LogP contribution in [0.2, 0.25) is 10.0 Å². The first kappa shape index (κ1) is 20.9. The van der Waals surface area contributed by atoms with E-state index in [1.54, 1.807) is 35.7 Å². The molecule has 6 nitrogen and oxygen atoms in total. The molecule has 1 fully saturated rings. The Kier molecular flexibility index (Phi) is 7.02. The Morgan fingerprint density at radius 3 is 2.59 bits per heavy atom. The minimum atomic E-state index is -3.41. The summed E-state index contributed by atoms with van der Waals surface area (Å²) in [5.41, 5.74) is 0. The smallest absolute Gasteiger partial charge is 0.252 e. The van der Waals surface area contributed by atoms with Gasteiger partial charge in [-0.05, 0) is 23.6 Å². The minimum absolute atomic E-state index is 0.0772. The highest BCUT2D eigenvalue weighted by atomic mass is 35.5. The van der Waals surface area contributed by atoms with E-state index in [1.165, 1.54) is 15.6 Å². The van der Waals surface area contributed by atoms with Crippen LogP contribution in [0, 0.1) is 0 Å². The fourth-order valence-corrected chi connectivity index (χ4v) is 5.72. The number of thiophene rings is 1. The molecule has 0 saturated carbocycles. The van der Waals surface area contributed by atoms with E-state index < -0.39 is 16.1 Å². The van der Waals surface area contributed by atoms with Gasteiger partial charge in [0.2, 0.25) is 0 Å². The summed E-state index contributed by atoms with van der Waals surface area (Å²) < 4.78 is 32.4. The van der Waals surface area contributed by atoms with Crippen molar-refractivity contribution in [3.05, 3.63) is 45.8 Å². The number of rotatable bonds is 7. The molecule has 1 aromatic heterocycles. The first-order valence-electron chi connectivity index (χ1n) is 8.38. The van der Waals surface area contributed by atoms with Crippen molar-refractivity contribution in [3.8, 4) is 5.75 Å². The highest BCUT2D eigenvalue weighted by Gasteiger charge is 2.29. The van der Waals surface area contributed by atoms with Gasteiger partial charge in [-0.3, -0.25) is 4.90 Å². The topological polar surface area (TPSA) is 70.1 Å². The lowest BCUT2D eigenvalue weighted by Crippen LogP contribution is -2.50. The molecule has 1 atom stereocenters. The Morgan fingerprint density at radius 2 is 1.93 bits per heavy atom. The van der Waals surface area contributed by atoms with Crippen LogP contribution in [0.3, 0.4) is 0 Å². The lowest BCUT2D eigenvalue weighted by molar-refractivity contribution is 0.0569. The molecule has 1 saturated heterocycles. The van der Waals surface area contributed by atoms with Crippen LogP contribution >= 0.6 is 34.5 Å². The van der Waals surface area contributed by atoms with Crippen LogP contribution in [-0.2, 0) is 10.0 Å². The van der Waals surface area contributed by atoms with Crippen LogP contribution in [0.1, 0.15) is 0 Å². The Morgan fingerprint density at radius 1 is 1.19 bits per heavy atom. The molecule has 0 amide bonds. The summed E-state index contributed by atoms with van der Waals surface area (Å²) in [6.45, 7) is 2.37. The molecule has 0 bridgehead atoms. The van der Waals surface area contributed by atoms with Crippen molar-refractivity contribution in [1.29, 1.82) is 0 Å². The molecule has 0 unspecified atom stereocenters. The summed E-state index contributed by atoms with van der Waals surface area (Å²) in [7, 11) is -3.41. The maximum absolute atomic E-state index is 12.5. The zero-order chi connectivity index (χ0) is 19.4. The first-order valence-corrected chi connectivity index (χ1v) is 11.5. The van der Waals surface area contributed by atoms with Crippen LogP contribution in [-0.4, -0.2) is 68.2 Å². The van der Waals surface area contributed by atoms with E-state index in [1.807, 2.05) is 4.90 Å². The Hall–Kier alpha value is -0.870. The van der Waals surface area contributed by atoms with Gasteiger partial charge in [0.1, 0.15) is 22.7 Å². The number of hydrogen-bond donors (Lipinski definition) is 1. The van der Waals surface area contributed by atoms with Crippen molar-refractivity contribution in [1.82, 2.24) is 9.21 Å². The fourth-order valence-electron chi connectivity index (χ4n) is 2.81. The number of nitrogens with zero attached hydrogens (tertiary/aromatic N) is 2. The Bertz CT molecular complexity index is 854. The second kappa shape index (κ2) is 9.09. The zero-order valence-electron chi connectivity index (χ0n) is 14.4. The molecule has 27 heavy (non-hydrogen) atoms. The predicted octanol–water partition coefficient (Wildman–Crippen LogP) is 2.80. The van der Waals surface area contributed by atoms with Crippen molar-refractivity contribution >= 4 is 44.6 Å². The average Bonchev–Trinajstić information content (AvgIpc) is 3.18. The van der Waals surface area contributed by atoms with Gasteiger partial charge in [-0.15, -0.1) is 11.3 Å². The minimum Gasteiger partial charge on any atom is -0.489 e. The molecule has 1 aliphatic rings. The van der Waals surface area contributed by atoms with E-state index in [9.17, 15) is 13.5 Å². The van der Waals surface area contributed by atoms with E-state index >= 15 is 0 Å². The van der Waals surface area contributed by atoms with Crippen molar-refractivity contribution in [2.75, 3.05) is 39.3 Å². The SMILES string of the molecule is O=S(=O)(c1cccs1)N1CCN(C[C@@H](O)COc2cc(Cl)ccc2Cl)CC1. The molecule has 10 heteroatoms. The number of aliphatic hydroxyl groups is 1. The molecule has 1 aliphatic heterocycles. The maximum Gasteiger partial charge on any atom is 0.252 e. The van der Waals surface area contributed by atoms with Gasteiger partial charge in [-0.2, -0.15) is 4.31 Å². The van der Waals surface area contributed by atoms with Crippen LogP contribution < -0.4 is 4.74 Å². The number of halogens is 2. The molecule has 2 aromatic rings. The summed E-state index contributed by atoms with van der Waals surface area (Å²) >= 11 is 13.2.